The van der Waals surface area contributed by atoms with Crippen molar-refractivity contribution in [2.45, 2.75) is 25.3 Å². The predicted octanol–water partition coefficient (Wildman–Crippen LogP) is 1.55. The van der Waals surface area contributed by atoms with Crippen molar-refractivity contribution in [3.8, 4) is 0 Å². The van der Waals surface area contributed by atoms with E-state index in [-0.39, 0.29) is 16.1 Å². The molecule has 6 nitrogen and oxygen atoms in total. The molecule has 0 saturated carbocycles. The minimum Gasteiger partial charge on any atom is -0.452 e. The molecule has 110 valence electrons. The van der Waals surface area contributed by atoms with E-state index in [1.165, 1.54) is 10.4 Å². The Morgan fingerprint density at radius 2 is 2.16 bits per heavy atom. The van der Waals surface area contributed by atoms with Gasteiger partial charge in [0.05, 0.1) is 13.2 Å². The van der Waals surface area contributed by atoms with E-state index in [0.717, 1.165) is 0 Å². The van der Waals surface area contributed by atoms with Crippen LogP contribution in [0.2, 0.25) is 0 Å². The van der Waals surface area contributed by atoms with Gasteiger partial charge in [0, 0.05) is 25.8 Å². The summed E-state index contributed by atoms with van der Waals surface area (Å²) < 4.78 is 36.8. The van der Waals surface area contributed by atoms with Crippen LogP contribution >= 0.6 is 15.9 Å². The molecule has 0 spiro atoms. The van der Waals surface area contributed by atoms with Crippen LogP contribution in [0.25, 0.3) is 0 Å². The Balaban J connectivity index is 2.96. The molecule has 8 heteroatoms. The van der Waals surface area contributed by atoms with Gasteiger partial charge in [-0.15, -0.1) is 0 Å². The molecule has 0 amide bonds. The van der Waals surface area contributed by atoms with Gasteiger partial charge in [0.25, 0.3) is 0 Å². The number of nitrogens with zero attached hydrogens (tertiary/aromatic N) is 1. The van der Waals surface area contributed by atoms with E-state index in [9.17, 15) is 8.42 Å². The van der Waals surface area contributed by atoms with Crippen LogP contribution in [0.3, 0.4) is 0 Å². The zero-order valence-corrected chi connectivity index (χ0v) is 13.5. The predicted molar refractivity (Wildman–Crippen MR) is 75.2 cm³/mol. The van der Waals surface area contributed by atoms with Gasteiger partial charge in [-0.3, -0.25) is 0 Å². The van der Waals surface area contributed by atoms with Gasteiger partial charge in [-0.25, -0.2) is 8.42 Å². The molecule has 1 rings (SSSR count). The number of likely N-dealkylation sites (N-methyl/N-ethyl adjacent to an activating group) is 1. The van der Waals surface area contributed by atoms with Crippen LogP contribution in [0, 0.1) is 0 Å². The highest BCUT2D eigenvalue weighted by Gasteiger charge is 2.28. The fraction of sp³-hybridized carbons (Fsp3) is 0.636. The molecule has 0 aliphatic carbocycles. The second-order valence-electron chi connectivity index (χ2n) is 3.75. The molecule has 2 N–H and O–H groups in total. The number of hydrogen-bond donors (Lipinski definition) is 1. The number of nitrogens with two attached hydrogens (primary N) is 1. The van der Waals surface area contributed by atoms with E-state index >= 15 is 0 Å². The lowest BCUT2D eigenvalue weighted by atomic mass is 10.5. The minimum atomic E-state index is -3.59. The molecule has 19 heavy (non-hydrogen) atoms. The smallest absolute Gasteiger partial charge is 0.247 e. The molecule has 0 fully saturated rings. The van der Waals surface area contributed by atoms with Crippen LogP contribution in [0.4, 0.5) is 0 Å². The van der Waals surface area contributed by atoms with Crippen molar-refractivity contribution >= 4 is 26.0 Å². The van der Waals surface area contributed by atoms with Gasteiger partial charge >= 0.3 is 0 Å². The highest BCUT2D eigenvalue weighted by atomic mass is 79.9. The second kappa shape index (κ2) is 7.39. The third-order valence-corrected chi connectivity index (χ3v) is 5.40. The van der Waals surface area contributed by atoms with Crippen LogP contribution in [0.15, 0.2) is 20.0 Å². The molecule has 1 aromatic rings. The van der Waals surface area contributed by atoms with E-state index < -0.39 is 10.0 Å². The zero-order valence-electron chi connectivity index (χ0n) is 11.1. The lowest BCUT2D eigenvalue weighted by Gasteiger charge is -2.19. The summed E-state index contributed by atoms with van der Waals surface area (Å²) in [5.41, 5.74) is 5.44. The van der Waals surface area contributed by atoms with Gasteiger partial charge in [0.15, 0.2) is 4.67 Å². The summed E-state index contributed by atoms with van der Waals surface area (Å²) in [6.45, 7) is 5.39. The van der Waals surface area contributed by atoms with E-state index in [1.807, 2.05) is 6.92 Å². The fourth-order valence-electron chi connectivity index (χ4n) is 1.57. The Morgan fingerprint density at radius 3 is 2.63 bits per heavy atom. The van der Waals surface area contributed by atoms with Crippen molar-refractivity contribution < 1.29 is 17.6 Å². The Kier molecular flexibility index (Phi) is 6.48. The number of furan rings is 1. The molecular weight excluding hydrogens is 336 g/mol. The fourth-order valence-corrected chi connectivity index (χ4v) is 3.97. The largest absolute Gasteiger partial charge is 0.452 e. The summed E-state index contributed by atoms with van der Waals surface area (Å²) in [5, 5.41) is 0. The molecule has 0 atom stereocenters. The molecule has 0 saturated heterocycles. The molecular formula is C11H19BrN2O4S. The van der Waals surface area contributed by atoms with Crippen molar-refractivity contribution in [3.05, 3.63) is 16.5 Å². The van der Waals surface area contributed by atoms with Crippen LogP contribution in [-0.2, 0) is 21.3 Å². The Hall–Kier alpha value is -0.410. The summed E-state index contributed by atoms with van der Waals surface area (Å²) in [5.74, 6) is 0.423. The van der Waals surface area contributed by atoms with Gasteiger partial charge in [0.2, 0.25) is 10.0 Å². The SMILES string of the molecule is CCOCCN(CC)S(=O)(=O)c1cc(CN)oc1Br. The van der Waals surface area contributed by atoms with Crippen molar-refractivity contribution in [2.24, 2.45) is 5.73 Å². The van der Waals surface area contributed by atoms with Crippen LogP contribution in [-0.4, -0.2) is 39.0 Å². The van der Waals surface area contributed by atoms with E-state index in [2.05, 4.69) is 15.9 Å². The van der Waals surface area contributed by atoms with Crippen LogP contribution in [0.5, 0.6) is 0 Å². The number of sulfonamides is 1. The first-order valence-electron chi connectivity index (χ1n) is 6.03. The van der Waals surface area contributed by atoms with Gasteiger partial charge in [-0.2, -0.15) is 4.31 Å². The molecule has 0 unspecified atom stereocenters. The Labute approximate surface area is 122 Å². The maximum atomic E-state index is 12.4. The third-order valence-electron chi connectivity index (χ3n) is 2.57. The average Bonchev–Trinajstić information content (AvgIpc) is 2.76. The molecule has 0 aliphatic rings. The summed E-state index contributed by atoms with van der Waals surface area (Å²) in [4.78, 5) is 0.103. The summed E-state index contributed by atoms with van der Waals surface area (Å²) in [7, 11) is -3.59. The Morgan fingerprint density at radius 1 is 1.47 bits per heavy atom. The molecule has 1 heterocycles. The minimum absolute atomic E-state index is 0.103. The van der Waals surface area contributed by atoms with Crippen LogP contribution in [0.1, 0.15) is 19.6 Å². The molecule has 0 radical (unpaired) electrons. The zero-order chi connectivity index (χ0) is 14.5. The van der Waals surface area contributed by atoms with Gasteiger partial charge < -0.3 is 14.9 Å². The summed E-state index contributed by atoms with van der Waals surface area (Å²) >= 11 is 3.11. The monoisotopic (exact) mass is 354 g/mol. The number of ether oxygens (including phenoxy) is 1. The van der Waals surface area contributed by atoms with Gasteiger partial charge in [0.1, 0.15) is 10.7 Å². The van der Waals surface area contributed by atoms with Gasteiger partial charge in [-0.05, 0) is 22.9 Å². The normalized spacial score (nSPS) is 12.3. The first kappa shape index (κ1) is 16.6. The Bertz CT molecular complexity index is 501. The van der Waals surface area contributed by atoms with E-state index in [0.29, 0.717) is 32.1 Å². The van der Waals surface area contributed by atoms with Crippen molar-refractivity contribution in [1.29, 1.82) is 0 Å². The topological polar surface area (TPSA) is 85.8 Å². The van der Waals surface area contributed by atoms with Gasteiger partial charge in [-0.1, -0.05) is 6.92 Å². The maximum Gasteiger partial charge on any atom is 0.247 e. The van der Waals surface area contributed by atoms with E-state index in [1.54, 1.807) is 6.92 Å². The molecule has 1 aromatic heterocycles. The average molecular weight is 355 g/mol. The first-order valence-corrected chi connectivity index (χ1v) is 8.26. The number of halogens is 1. The van der Waals surface area contributed by atoms with Crippen molar-refractivity contribution in [1.82, 2.24) is 4.31 Å². The lowest BCUT2D eigenvalue weighted by Crippen LogP contribution is -2.33. The first-order chi connectivity index (χ1) is 8.97. The third kappa shape index (κ3) is 4.03. The van der Waals surface area contributed by atoms with Crippen molar-refractivity contribution in [2.75, 3.05) is 26.3 Å². The van der Waals surface area contributed by atoms with E-state index in [4.69, 9.17) is 14.9 Å². The quantitative estimate of drug-likeness (QED) is 0.715. The highest BCUT2D eigenvalue weighted by molar-refractivity contribution is 9.10. The highest BCUT2D eigenvalue weighted by Crippen LogP contribution is 2.28. The molecule has 0 aromatic carbocycles. The van der Waals surface area contributed by atoms with Crippen LogP contribution < -0.4 is 5.73 Å². The summed E-state index contributed by atoms with van der Waals surface area (Å²) in [6, 6.07) is 1.45. The second-order valence-corrected chi connectivity index (χ2v) is 6.38. The van der Waals surface area contributed by atoms with Crippen molar-refractivity contribution in [3.63, 3.8) is 0 Å². The summed E-state index contributed by atoms with van der Waals surface area (Å²) in [6.07, 6.45) is 0. The number of rotatable bonds is 8. The molecule has 0 bridgehead atoms. The lowest BCUT2D eigenvalue weighted by molar-refractivity contribution is 0.135. The molecule has 0 aliphatic heterocycles. The standard InChI is InChI=1S/C11H19BrN2O4S/c1-3-14(5-6-17-4-2)19(15,16)10-7-9(8-13)18-11(10)12/h7H,3-6,8,13H2,1-2H3. The number of hydrogen-bond acceptors (Lipinski definition) is 5. The maximum absolute atomic E-state index is 12.4.